The molecule has 0 radical (unpaired) electrons. The Balaban J connectivity index is 2.19. The van der Waals surface area contributed by atoms with Crippen LogP contribution < -0.4 is 11.1 Å². The molecule has 1 aliphatic rings. The van der Waals surface area contributed by atoms with E-state index in [1.807, 2.05) is 11.1 Å². The van der Waals surface area contributed by atoms with Crippen molar-refractivity contribution in [1.29, 1.82) is 0 Å². The summed E-state index contributed by atoms with van der Waals surface area (Å²) in [7, 11) is 0. The number of rotatable bonds is 3. The van der Waals surface area contributed by atoms with Gasteiger partial charge < -0.3 is 16.0 Å². The van der Waals surface area contributed by atoms with Gasteiger partial charge in [-0.05, 0) is 25.8 Å². The molecular formula is C12H19N5. The van der Waals surface area contributed by atoms with Crippen molar-refractivity contribution < 1.29 is 0 Å². The van der Waals surface area contributed by atoms with E-state index in [9.17, 15) is 0 Å². The number of fused-ring (bicyclic) bond motifs is 1. The minimum absolute atomic E-state index is 0.331. The first-order chi connectivity index (χ1) is 8.06. The second-order valence-corrected chi connectivity index (χ2v) is 4.63. The number of nitrogens with two attached hydrogens (primary N) is 1. The van der Waals surface area contributed by atoms with Crippen molar-refractivity contribution in [3.8, 4) is 0 Å². The lowest BCUT2D eigenvalue weighted by Crippen LogP contribution is -2.33. The third-order valence-electron chi connectivity index (χ3n) is 2.77. The third-order valence-corrected chi connectivity index (χ3v) is 2.77. The quantitative estimate of drug-likeness (QED) is 0.818. The summed E-state index contributed by atoms with van der Waals surface area (Å²) in [5.74, 6) is 1.29. The predicted molar refractivity (Wildman–Crippen MR) is 68.2 cm³/mol. The van der Waals surface area contributed by atoms with Crippen molar-refractivity contribution in [2.24, 2.45) is 5.73 Å². The van der Waals surface area contributed by atoms with Gasteiger partial charge in [0.1, 0.15) is 0 Å². The molecule has 0 atom stereocenters. The van der Waals surface area contributed by atoms with Gasteiger partial charge in [-0.15, -0.1) is 0 Å². The minimum Gasteiger partial charge on any atom is -0.386 e. The van der Waals surface area contributed by atoms with Crippen LogP contribution in [0.3, 0.4) is 0 Å². The van der Waals surface area contributed by atoms with Crippen LogP contribution in [0, 0.1) is 0 Å². The summed E-state index contributed by atoms with van der Waals surface area (Å²) in [4.78, 5) is 10.9. The zero-order chi connectivity index (χ0) is 12.4. The lowest BCUT2D eigenvalue weighted by Gasteiger charge is -2.29. The van der Waals surface area contributed by atoms with Gasteiger partial charge in [-0.1, -0.05) is 6.58 Å². The van der Waals surface area contributed by atoms with E-state index in [4.69, 9.17) is 5.73 Å². The molecule has 5 nitrogen and oxygen atoms in total. The summed E-state index contributed by atoms with van der Waals surface area (Å²) in [6.45, 7) is 9.51. The summed E-state index contributed by atoms with van der Waals surface area (Å²) in [6.07, 6.45) is 2.83. The average molecular weight is 233 g/mol. The minimum atomic E-state index is 0.331. The van der Waals surface area contributed by atoms with Gasteiger partial charge in [0.2, 0.25) is 5.95 Å². The Morgan fingerprint density at radius 2 is 2.35 bits per heavy atom. The molecule has 0 fully saturated rings. The van der Waals surface area contributed by atoms with E-state index >= 15 is 0 Å². The van der Waals surface area contributed by atoms with Crippen molar-refractivity contribution in [2.45, 2.75) is 32.9 Å². The molecule has 0 unspecified atom stereocenters. The first kappa shape index (κ1) is 11.7. The molecule has 1 aliphatic heterocycles. The molecular weight excluding hydrogens is 214 g/mol. The smallest absolute Gasteiger partial charge is 0.223 e. The van der Waals surface area contributed by atoms with Crippen LogP contribution in [-0.4, -0.2) is 27.5 Å². The van der Waals surface area contributed by atoms with Gasteiger partial charge in [0.15, 0.2) is 0 Å². The maximum Gasteiger partial charge on any atom is 0.223 e. The highest BCUT2D eigenvalue weighted by Gasteiger charge is 2.18. The van der Waals surface area contributed by atoms with Crippen molar-refractivity contribution in [2.75, 3.05) is 11.9 Å². The standard InChI is InChI=1S/C12H19N5/c1-8(2)15-12-14-6-10-4-5-17(9(3)13)7-11(10)16-12/h6,8H,3-5,7,13H2,1-2H3,(H,14,15,16). The molecule has 3 N–H and O–H groups in total. The van der Waals surface area contributed by atoms with Gasteiger partial charge in [0, 0.05) is 18.8 Å². The third kappa shape index (κ3) is 2.67. The number of anilines is 1. The Morgan fingerprint density at radius 3 is 3.00 bits per heavy atom. The first-order valence-corrected chi connectivity index (χ1v) is 5.87. The number of nitrogens with one attached hydrogen (secondary N) is 1. The normalized spacial score (nSPS) is 14.6. The molecule has 2 heterocycles. The van der Waals surface area contributed by atoms with Crippen LogP contribution in [0.1, 0.15) is 25.1 Å². The van der Waals surface area contributed by atoms with E-state index in [0.29, 0.717) is 17.8 Å². The Kier molecular flexibility index (Phi) is 3.17. The van der Waals surface area contributed by atoms with Crippen LogP contribution in [0.5, 0.6) is 0 Å². The van der Waals surface area contributed by atoms with Gasteiger partial charge in [0.05, 0.1) is 18.1 Å². The number of hydrogen-bond donors (Lipinski definition) is 2. The van der Waals surface area contributed by atoms with Crippen LogP contribution in [0.25, 0.3) is 0 Å². The first-order valence-electron chi connectivity index (χ1n) is 5.87. The molecule has 5 heteroatoms. The van der Waals surface area contributed by atoms with Gasteiger partial charge in [-0.25, -0.2) is 9.97 Å². The maximum absolute atomic E-state index is 5.72. The fourth-order valence-corrected chi connectivity index (χ4v) is 1.88. The molecule has 2 rings (SSSR count). The van der Waals surface area contributed by atoms with E-state index in [1.165, 1.54) is 5.56 Å². The topological polar surface area (TPSA) is 67.1 Å². The highest BCUT2D eigenvalue weighted by molar-refractivity contribution is 5.32. The fourth-order valence-electron chi connectivity index (χ4n) is 1.88. The molecule has 0 amide bonds. The SMILES string of the molecule is C=C(N)N1CCc2cnc(NC(C)C)nc2C1. The predicted octanol–water partition coefficient (Wildman–Crippen LogP) is 1.08. The molecule has 1 aromatic rings. The Hall–Kier alpha value is -1.78. The monoisotopic (exact) mass is 233 g/mol. The van der Waals surface area contributed by atoms with Crippen LogP contribution >= 0.6 is 0 Å². The number of hydrogen-bond acceptors (Lipinski definition) is 5. The molecule has 0 saturated carbocycles. The summed E-state index contributed by atoms with van der Waals surface area (Å²) < 4.78 is 0. The van der Waals surface area contributed by atoms with Crippen molar-refractivity contribution >= 4 is 5.95 Å². The van der Waals surface area contributed by atoms with Gasteiger partial charge in [0.25, 0.3) is 0 Å². The Bertz CT molecular complexity index is 427. The lowest BCUT2D eigenvalue weighted by molar-refractivity contribution is 0.314. The number of aromatic nitrogens is 2. The lowest BCUT2D eigenvalue weighted by atomic mass is 10.1. The molecule has 1 aromatic heterocycles. The second kappa shape index (κ2) is 4.61. The van der Waals surface area contributed by atoms with E-state index in [-0.39, 0.29) is 0 Å². The molecule has 92 valence electrons. The van der Waals surface area contributed by atoms with Crippen LogP contribution in [0.15, 0.2) is 18.6 Å². The zero-order valence-electron chi connectivity index (χ0n) is 10.4. The van der Waals surface area contributed by atoms with Crippen molar-refractivity contribution in [3.05, 3.63) is 29.9 Å². The Morgan fingerprint density at radius 1 is 1.59 bits per heavy atom. The van der Waals surface area contributed by atoms with Crippen LogP contribution in [0.2, 0.25) is 0 Å². The molecule has 0 aliphatic carbocycles. The maximum atomic E-state index is 5.72. The van der Waals surface area contributed by atoms with Gasteiger partial charge in [-0.2, -0.15) is 0 Å². The van der Waals surface area contributed by atoms with Gasteiger partial charge >= 0.3 is 0 Å². The molecule has 17 heavy (non-hydrogen) atoms. The second-order valence-electron chi connectivity index (χ2n) is 4.63. The van der Waals surface area contributed by atoms with E-state index in [2.05, 4.69) is 35.7 Å². The zero-order valence-corrected chi connectivity index (χ0v) is 10.4. The summed E-state index contributed by atoms with van der Waals surface area (Å²) in [5.41, 5.74) is 7.96. The average Bonchev–Trinajstić information content (AvgIpc) is 2.27. The van der Waals surface area contributed by atoms with E-state index in [1.54, 1.807) is 0 Å². The molecule has 0 aromatic carbocycles. The highest BCUT2D eigenvalue weighted by Crippen LogP contribution is 2.18. The van der Waals surface area contributed by atoms with E-state index in [0.717, 1.165) is 25.2 Å². The summed E-state index contributed by atoms with van der Waals surface area (Å²) in [5, 5.41) is 3.20. The largest absolute Gasteiger partial charge is 0.386 e. The number of nitrogens with zero attached hydrogens (tertiary/aromatic N) is 3. The molecule has 0 bridgehead atoms. The Labute approximate surface area is 102 Å². The van der Waals surface area contributed by atoms with E-state index < -0.39 is 0 Å². The van der Waals surface area contributed by atoms with Crippen LogP contribution in [-0.2, 0) is 13.0 Å². The molecule has 0 saturated heterocycles. The molecule has 0 spiro atoms. The van der Waals surface area contributed by atoms with Crippen LogP contribution in [0.4, 0.5) is 5.95 Å². The van der Waals surface area contributed by atoms with Gasteiger partial charge in [-0.3, -0.25) is 0 Å². The van der Waals surface area contributed by atoms with Crippen molar-refractivity contribution in [1.82, 2.24) is 14.9 Å². The highest BCUT2D eigenvalue weighted by atomic mass is 15.2. The fraction of sp³-hybridized carbons (Fsp3) is 0.500. The summed E-state index contributed by atoms with van der Waals surface area (Å²) in [6, 6.07) is 0.331. The van der Waals surface area contributed by atoms with Crippen molar-refractivity contribution in [3.63, 3.8) is 0 Å². The summed E-state index contributed by atoms with van der Waals surface area (Å²) >= 11 is 0.